The maximum absolute atomic E-state index is 12.0. The summed E-state index contributed by atoms with van der Waals surface area (Å²) in [6, 6.07) is 0.458. The zero-order valence-electron chi connectivity index (χ0n) is 10.2. The number of nitrogens with zero attached hydrogens (tertiary/aromatic N) is 4. The summed E-state index contributed by atoms with van der Waals surface area (Å²) in [6.45, 7) is 3.61. The molecule has 0 atom stereocenters. The van der Waals surface area contributed by atoms with Crippen molar-refractivity contribution >= 4 is 5.91 Å². The van der Waals surface area contributed by atoms with Gasteiger partial charge in [0.1, 0.15) is 6.54 Å². The summed E-state index contributed by atoms with van der Waals surface area (Å²) >= 11 is 0. The van der Waals surface area contributed by atoms with E-state index >= 15 is 0 Å². The predicted octanol–water partition coefficient (Wildman–Crippen LogP) is -0.210. The van der Waals surface area contributed by atoms with Gasteiger partial charge in [-0.25, -0.2) is 4.68 Å². The Bertz CT molecular complexity index is 385. The molecule has 1 saturated carbocycles. The maximum Gasteiger partial charge on any atom is 0.244 e. The van der Waals surface area contributed by atoms with Gasteiger partial charge in [-0.2, -0.15) is 0 Å². The van der Waals surface area contributed by atoms with E-state index in [1.165, 1.54) is 0 Å². The van der Waals surface area contributed by atoms with Gasteiger partial charge in [0.15, 0.2) is 0 Å². The Kier molecular flexibility index (Phi) is 3.73. The molecule has 0 bridgehead atoms. The van der Waals surface area contributed by atoms with E-state index in [9.17, 15) is 4.79 Å². The van der Waals surface area contributed by atoms with Gasteiger partial charge in [0.25, 0.3) is 0 Å². The number of carbonyl (C=O) groups excluding carboxylic acids is 1. The van der Waals surface area contributed by atoms with Crippen LogP contribution in [-0.4, -0.2) is 44.9 Å². The van der Waals surface area contributed by atoms with Crippen LogP contribution in [0, 0.1) is 0 Å². The molecule has 0 unspecified atom stereocenters. The van der Waals surface area contributed by atoms with Crippen molar-refractivity contribution in [2.45, 2.75) is 38.8 Å². The molecule has 1 aromatic heterocycles. The topological polar surface area (TPSA) is 77.0 Å². The van der Waals surface area contributed by atoms with E-state index in [-0.39, 0.29) is 12.5 Å². The summed E-state index contributed by atoms with van der Waals surface area (Å²) in [4.78, 5) is 13.9. The summed E-state index contributed by atoms with van der Waals surface area (Å²) in [5.74, 6) is 0.124. The molecule has 1 amide bonds. The number of carbonyl (C=O) groups is 1. The largest absolute Gasteiger partial charge is 0.338 e. The minimum atomic E-state index is 0.124. The van der Waals surface area contributed by atoms with Crippen LogP contribution in [0.1, 0.15) is 25.5 Å². The smallest absolute Gasteiger partial charge is 0.244 e. The van der Waals surface area contributed by atoms with Crippen LogP contribution in [0.3, 0.4) is 0 Å². The molecule has 1 heterocycles. The first-order chi connectivity index (χ1) is 8.24. The quantitative estimate of drug-likeness (QED) is 0.742. The first kappa shape index (κ1) is 12.0. The van der Waals surface area contributed by atoms with Gasteiger partial charge in [0, 0.05) is 25.2 Å². The lowest BCUT2D eigenvalue weighted by atomic mass is 10.3. The minimum Gasteiger partial charge on any atom is -0.338 e. The van der Waals surface area contributed by atoms with Gasteiger partial charge in [0.05, 0.1) is 5.69 Å². The molecule has 1 aliphatic carbocycles. The van der Waals surface area contributed by atoms with Crippen LogP contribution in [0.15, 0.2) is 6.20 Å². The van der Waals surface area contributed by atoms with Gasteiger partial charge in [-0.3, -0.25) is 4.79 Å². The lowest BCUT2D eigenvalue weighted by Crippen LogP contribution is -2.35. The van der Waals surface area contributed by atoms with Crippen LogP contribution in [0.25, 0.3) is 0 Å². The summed E-state index contributed by atoms with van der Waals surface area (Å²) in [6.07, 6.45) is 4.77. The normalized spacial score (nSPS) is 14.9. The van der Waals surface area contributed by atoms with Gasteiger partial charge in [-0.15, -0.1) is 5.10 Å². The number of hydrogen-bond acceptors (Lipinski definition) is 4. The van der Waals surface area contributed by atoms with E-state index in [1.54, 1.807) is 10.9 Å². The van der Waals surface area contributed by atoms with Crippen molar-refractivity contribution in [1.82, 2.24) is 19.9 Å². The average molecular weight is 237 g/mol. The molecule has 0 saturated heterocycles. The zero-order valence-corrected chi connectivity index (χ0v) is 10.2. The highest BCUT2D eigenvalue weighted by Crippen LogP contribution is 2.26. The second-order valence-electron chi connectivity index (χ2n) is 4.36. The molecule has 2 N–H and O–H groups in total. The molecule has 0 aliphatic heterocycles. The third-order valence-corrected chi connectivity index (χ3v) is 2.93. The third-order valence-electron chi connectivity index (χ3n) is 2.93. The molecule has 1 aromatic rings. The van der Waals surface area contributed by atoms with E-state index in [0.717, 1.165) is 25.1 Å². The molecular weight excluding hydrogens is 218 g/mol. The molecule has 2 rings (SSSR count). The van der Waals surface area contributed by atoms with Crippen LogP contribution in [0.4, 0.5) is 0 Å². The Balaban J connectivity index is 1.92. The van der Waals surface area contributed by atoms with Crippen molar-refractivity contribution in [3.05, 3.63) is 11.9 Å². The van der Waals surface area contributed by atoms with E-state index in [2.05, 4.69) is 10.3 Å². The molecule has 0 radical (unpaired) electrons. The van der Waals surface area contributed by atoms with Crippen molar-refractivity contribution in [3.8, 4) is 0 Å². The number of aromatic nitrogens is 3. The van der Waals surface area contributed by atoms with Crippen LogP contribution in [0.5, 0.6) is 0 Å². The lowest BCUT2D eigenvalue weighted by Gasteiger charge is -2.19. The van der Waals surface area contributed by atoms with Crippen molar-refractivity contribution < 1.29 is 4.79 Å². The maximum atomic E-state index is 12.0. The van der Waals surface area contributed by atoms with E-state index < -0.39 is 0 Å². The van der Waals surface area contributed by atoms with Crippen LogP contribution in [0.2, 0.25) is 0 Å². The van der Waals surface area contributed by atoms with Crippen LogP contribution >= 0.6 is 0 Å². The Morgan fingerprint density at radius 3 is 3.00 bits per heavy atom. The minimum absolute atomic E-state index is 0.124. The molecule has 1 fully saturated rings. The highest BCUT2D eigenvalue weighted by molar-refractivity contribution is 5.76. The number of nitrogens with two attached hydrogens (primary N) is 1. The van der Waals surface area contributed by atoms with Gasteiger partial charge < -0.3 is 10.6 Å². The number of hydrogen-bond donors (Lipinski definition) is 1. The van der Waals surface area contributed by atoms with Gasteiger partial charge in [0.2, 0.25) is 5.91 Å². The highest BCUT2D eigenvalue weighted by Gasteiger charge is 2.31. The number of rotatable bonds is 6. The highest BCUT2D eigenvalue weighted by atomic mass is 16.2. The Hall–Kier alpha value is -1.43. The molecule has 94 valence electrons. The first-order valence-electron chi connectivity index (χ1n) is 6.13. The SMILES string of the molecule is CCN(C(=O)Cn1cc(CCN)nn1)C1CC1. The van der Waals surface area contributed by atoms with Crippen molar-refractivity contribution in [3.63, 3.8) is 0 Å². The molecule has 1 aliphatic rings. The van der Waals surface area contributed by atoms with Crippen LogP contribution < -0.4 is 5.73 Å². The Morgan fingerprint density at radius 2 is 2.41 bits per heavy atom. The Labute approximate surface area is 101 Å². The fourth-order valence-electron chi connectivity index (χ4n) is 1.93. The van der Waals surface area contributed by atoms with Gasteiger partial charge >= 0.3 is 0 Å². The van der Waals surface area contributed by atoms with E-state index in [4.69, 9.17) is 5.73 Å². The molecule has 6 heteroatoms. The summed E-state index contributed by atoms with van der Waals surface area (Å²) < 4.78 is 1.60. The van der Waals surface area contributed by atoms with Crippen LogP contribution in [-0.2, 0) is 17.8 Å². The summed E-state index contributed by atoms with van der Waals surface area (Å²) in [5.41, 5.74) is 6.28. The molecule has 0 aromatic carbocycles. The first-order valence-corrected chi connectivity index (χ1v) is 6.13. The number of amides is 1. The fraction of sp³-hybridized carbons (Fsp3) is 0.727. The lowest BCUT2D eigenvalue weighted by molar-refractivity contribution is -0.132. The van der Waals surface area contributed by atoms with Crippen molar-refractivity contribution in [1.29, 1.82) is 0 Å². The van der Waals surface area contributed by atoms with Gasteiger partial charge in [-0.1, -0.05) is 5.21 Å². The van der Waals surface area contributed by atoms with Crippen molar-refractivity contribution in [2.24, 2.45) is 5.73 Å². The molecular formula is C11H19N5O. The second-order valence-corrected chi connectivity index (χ2v) is 4.36. The fourth-order valence-corrected chi connectivity index (χ4v) is 1.93. The predicted molar refractivity (Wildman–Crippen MR) is 63.2 cm³/mol. The monoisotopic (exact) mass is 237 g/mol. The third kappa shape index (κ3) is 3.03. The molecule has 17 heavy (non-hydrogen) atoms. The van der Waals surface area contributed by atoms with Gasteiger partial charge in [-0.05, 0) is 26.3 Å². The summed E-state index contributed by atoms with van der Waals surface area (Å²) in [5, 5.41) is 7.90. The van der Waals surface area contributed by atoms with E-state index in [1.807, 2.05) is 11.8 Å². The standard InChI is InChI=1S/C11H19N5O/c1-2-16(10-3-4-10)11(17)8-15-7-9(5-6-12)13-14-15/h7,10H,2-6,8,12H2,1H3. The Morgan fingerprint density at radius 1 is 1.65 bits per heavy atom. The molecule has 0 spiro atoms. The number of likely N-dealkylation sites (N-methyl/N-ethyl adjacent to an activating group) is 1. The average Bonchev–Trinajstić information content (AvgIpc) is 3.03. The molecule has 6 nitrogen and oxygen atoms in total. The zero-order chi connectivity index (χ0) is 12.3. The summed E-state index contributed by atoms with van der Waals surface area (Å²) in [7, 11) is 0. The second kappa shape index (κ2) is 5.27. The van der Waals surface area contributed by atoms with Crippen molar-refractivity contribution in [2.75, 3.05) is 13.1 Å². The van der Waals surface area contributed by atoms with E-state index in [0.29, 0.717) is 19.0 Å².